The van der Waals surface area contributed by atoms with Crippen LogP contribution in [0.5, 0.6) is 5.75 Å². The number of aliphatic hydroxyl groups is 2. The van der Waals surface area contributed by atoms with Gasteiger partial charge in [-0.25, -0.2) is 9.38 Å². The zero-order valence-corrected chi connectivity index (χ0v) is 23.0. The van der Waals surface area contributed by atoms with Crippen molar-refractivity contribution in [2.45, 2.75) is 29.9 Å². The predicted molar refractivity (Wildman–Crippen MR) is 159 cm³/mol. The first-order valence-corrected chi connectivity index (χ1v) is 14.4. The highest BCUT2D eigenvalue weighted by Crippen LogP contribution is 2.40. The fraction of sp³-hybridized carbons (Fsp3) is 0.233. The number of phenols is 1. The molecule has 0 aromatic heterocycles. The molecule has 2 heterocycles. The molecule has 1 amide bonds. The molecule has 0 saturated carbocycles. The third-order valence-electron chi connectivity index (χ3n) is 6.70. The number of carbonyl (C=O) groups is 1. The number of amides is 1. The van der Waals surface area contributed by atoms with E-state index in [0.717, 1.165) is 17.3 Å². The summed E-state index contributed by atoms with van der Waals surface area (Å²) < 4.78 is 15.1. The molecule has 3 N–H and O–H groups in total. The predicted octanol–water partition coefficient (Wildman–Crippen LogP) is 4.26. The first-order valence-electron chi connectivity index (χ1n) is 12.7. The molecule has 0 aliphatic carbocycles. The number of phenolic OH excluding ortho intramolecular Hbond substituents is 1. The fourth-order valence-corrected chi connectivity index (χ4v) is 6.15. The number of rotatable bonds is 10. The highest BCUT2D eigenvalue weighted by Gasteiger charge is 2.43. The van der Waals surface area contributed by atoms with E-state index < -0.39 is 29.3 Å². The van der Waals surface area contributed by atoms with Gasteiger partial charge < -0.3 is 15.3 Å². The van der Waals surface area contributed by atoms with Crippen LogP contribution in [0.3, 0.4) is 0 Å². The second kappa shape index (κ2) is 12.4. The van der Waals surface area contributed by atoms with Crippen LogP contribution in [0, 0.1) is 5.82 Å². The Bertz CT molecular complexity index is 1460. The summed E-state index contributed by atoms with van der Waals surface area (Å²) in [4.78, 5) is 25.1. The molecule has 4 atom stereocenters. The van der Waals surface area contributed by atoms with E-state index in [9.17, 15) is 20.1 Å². The SMILES string of the molecule is O=C1C(C(SC[C@@H](O)[C@H](O)CS)c2ccccc2F)N=C2C(Cc3ccccc3)=NC(c3ccc(O)cc3)=CN12. The number of thiol groups is 1. The van der Waals surface area contributed by atoms with E-state index in [2.05, 4.69) is 12.6 Å². The van der Waals surface area contributed by atoms with E-state index in [0.29, 0.717) is 29.2 Å². The minimum absolute atomic E-state index is 0.0505. The second-order valence-electron chi connectivity index (χ2n) is 9.48. The van der Waals surface area contributed by atoms with Crippen LogP contribution in [0.15, 0.2) is 95.0 Å². The Morgan fingerprint density at radius 1 is 0.975 bits per heavy atom. The fourth-order valence-electron chi connectivity index (χ4n) is 4.55. The minimum Gasteiger partial charge on any atom is -0.508 e. The molecule has 40 heavy (non-hydrogen) atoms. The topological polar surface area (TPSA) is 106 Å². The van der Waals surface area contributed by atoms with E-state index in [4.69, 9.17) is 9.98 Å². The van der Waals surface area contributed by atoms with Crippen molar-refractivity contribution in [1.29, 1.82) is 0 Å². The lowest BCUT2D eigenvalue weighted by atomic mass is 10.0. The van der Waals surface area contributed by atoms with Crippen LogP contribution in [0.2, 0.25) is 0 Å². The summed E-state index contributed by atoms with van der Waals surface area (Å²) in [6, 6.07) is 21.4. The first-order chi connectivity index (χ1) is 19.4. The molecule has 0 fully saturated rings. The number of amidine groups is 1. The van der Waals surface area contributed by atoms with Crippen molar-refractivity contribution in [3.8, 4) is 5.75 Å². The standard InChI is InChI=1S/C30H28FN3O4S2/c31-22-9-5-4-8-21(22)28(40-17-26(37)25(36)16-39)27-30(38)34-15-24(19-10-12-20(35)13-11-19)32-23(29(34)33-27)14-18-6-2-1-3-7-18/h1-13,15,25-28,35-37,39H,14,16-17H2/t25-,26-,27?,28?/m1/s1. The van der Waals surface area contributed by atoms with Crippen LogP contribution >= 0.6 is 24.4 Å². The lowest BCUT2D eigenvalue weighted by molar-refractivity contribution is -0.125. The van der Waals surface area contributed by atoms with Crippen LogP contribution in [-0.2, 0) is 11.2 Å². The van der Waals surface area contributed by atoms with Gasteiger partial charge in [-0.1, -0.05) is 48.5 Å². The van der Waals surface area contributed by atoms with Crippen LogP contribution in [0.4, 0.5) is 4.39 Å². The smallest absolute Gasteiger partial charge is 0.258 e. The van der Waals surface area contributed by atoms with Gasteiger partial charge in [0.1, 0.15) is 17.6 Å². The van der Waals surface area contributed by atoms with Gasteiger partial charge in [0, 0.05) is 35.3 Å². The highest BCUT2D eigenvalue weighted by molar-refractivity contribution is 7.99. The Kier molecular flexibility index (Phi) is 8.70. The number of nitrogens with zero attached hydrogens (tertiary/aromatic N) is 3. The zero-order valence-electron chi connectivity index (χ0n) is 21.3. The number of halogens is 1. The van der Waals surface area contributed by atoms with E-state index in [-0.39, 0.29) is 28.7 Å². The largest absolute Gasteiger partial charge is 0.508 e. The molecule has 0 bridgehead atoms. The Morgan fingerprint density at radius 3 is 2.38 bits per heavy atom. The third kappa shape index (κ3) is 6.00. The number of aliphatic imine (C=N–C) groups is 2. The van der Waals surface area contributed by atoms with E-state index in [1.165, 1.54) is 11.0 Å². The second-order valence-corrected chi connectivity index (χ2v) is 11.0. The summed E-state index contributed by atoms with van der Waals surface area (Å²) in [5, 5.41) is 29.4. The Morgan fingerprint density at radius 2 is 1.68 bits per heavy atom. The van der Waals surface area contributed by atoms with Gasteiger partial charge in [0.2, 0.25) is 0 Å². The highest BCUT2D eigenvalue weighted by atomic mass is 32.2. The number of fused-ring (bicyclic) bond motifs is 1. The minimum atomic E-state index is -1.11. The molecule has 2 aliphatic rings. The molecule has 2 aliphatic heterocycles. The van der Waals surface area contributed by atoms with Crippen LogP contribution < -0.4 is 0 Å². The molecule has 5 rings (SSSR count). The average Bonchev–Trinajstić information content (AvgIpc) is 3.30. The first kappa shape index (κ1) is 28.1. The summed E-state index contributed by atoms with van der Waals surface area (Å²) in [5.74, 6) is -0.219. The van der Waals surface area contributed by atoms with Crippen LogP contribution in [0.25, 0.3) is 5.70 Å². The molecule has 3 aromatic carbocycles. The zero-order chi connectivity index (χ0) is 28.2. The Labute approximate surface area is 241 Å². The molecule has 2 unspecified atom stereocenters. The molecule has 10 heteroatoms. The van der Waals surface area contributed by atoms with E-state index >= 15 is 4.39 Å². The van der Waals surface area contributed by atoms with Gasteiger partial charge in [0.05, 0.1) is 28.9 Å². The van der Waals surface area contributed by atoms with Crippen molar-refractivity contribution in [2.24, 2.45) is 9.98 Å². The maximum absolute atomic E-state index is 15.1. The van der Waals surface area contributed by atoms with Crippen molar-refractivity contribution in [2.75, 3.05) is 11.5 Å². The van der Waals surface area contributed by atoms with E-state index in [1.54, 1.807) is 48.7 Å². The quantitative estimate of drug-likeness (QED) is 0.270. The van der Waals surface area contributed by atoms with Gasteiger partial charge in [0.15, 0.2) is 5.84 Å². The summed E-state index contributed by atoms with van der Waals surface area (Å²) in [6.45, 7) is 0. The van der Waals surface area contributed by atoms with Gasteiger partial charge in [-0.2, -0.15) is 12.6 Å². The Hall–Kier alpha value is -3.44. The van der Waals surface area contributed by atoms with Crippen LogP contribution in [-0.4, -0.2) is 67.4 Å². The molecule has 0 radical (unpaired) electrons. The number of carbonyl (C=O) groups excluding carboxylic acids is 1. The number of hydrogen-bond acceptors (Lipinski definition) is 8. The van der Waals surface area contributed by atoms with Gasteiger partial charge in [-0.05, 0) is 35.9 Å². The summed E-state index contributed by atoms with van der Waals surface area (Å²) >= 11 is 5.21. The summed E-state index contributed by atoms with van der Waals surface area (Å²) in [7, 11) is 0. The van der Waals surface area contributed by atoms with Gasteiger partial charge in [0.25, 0.3) is 5.91 Å². The normalized spacial score (nSPS) is 18.9. The monoisotopic (exact) mass is 577 g/mol. The molecule has 206 valence electrons. The molecule has 0 spiro atoms. The van der Waals surface area contributed by atoms with Gasteiger partial charge >= 0.3 is 0 Å². The van der Waals surface area contributed by atoms with Gasteiger partial charge in [-0.15, -0.1) is 11.8 Å². The van der Waals surface area contributed by atoms with Crippen molar-refractivity contribution in [3.63, 3.8) is 0 Å². The molecular formula is C30H28FN3O4S2. The average molecular weight is 578 g/mol. The molecule has 3 aromatic rings. The Balaban J connectivity index is 1.54. The maximum atomic E-state index is 15.1. The van der Waals surface area contributed by atoms with E-state index in [1.807, 2.05) is 30.3 Å². The van der Waals surface area contributed by atoms with Crippen molar-refractivity contribution in [1.82, 2.24) is 4.90 Å². The van der Waals surface area contributed by atoms with Crippen molar-refractivity contribution in [3.05, 3.63) is 108 Å². The van der Waals surface area contributed by atoms with Crippen molar-refractivity contribution < 1.29 is 24.5 Å². The lowest BCUT2D eigenvalue weighted by Crippen LogP contribution is -2.38. The third-order valence-corrected chi connectivity index (χ3v) is 8.48. The number of benzene rings is 3. The summed E-state index contributed by atoms with van der Waals surface area (Å²) in [6.07, 6.45) is -0.144. The molecule has 7 nitrogen and oxygen atoms in total. The maximum Gasteiger partial charge on any atom is 0.258 e. The molecular weight excluding hydrogens is 549 g/mol. The lowest BCUT2D eigenvalue weighted by Gasteiger charge is -2.25. The van der Waals surface area contributed by atoms with Crippen molar-refractivity contribution >= 4 is 47.5 Å². The molecule has 0 saturated heterocycles. The summed E-state index contributed by atoms with van der Waals surface area (Å²) in [5.41, 5.74) is 3.09. The number of thioether (sulfide) groups is 1. The number of aliphatic hydroxyl groups excluding tert-OH is 2. The number of hydrogen-bond donors (Lipinski definition) is 4. The number of aromatic hydroxyl groups is 1. The van der Waals surface area contributed by atoms with Gasteiger partial charge in [-0.3, -0.25) is 14.7 Å². The van der Waals surface area contributed by atoms with Crippen LogP contribution in [0.1, 0.15) is 21.9 Å².